The van der Waals surface area contributed by atoms with E-state index in [1.54, 1.807) is 0 Å². The Morgan fingerprint density at radius 2 is 2.05 bits per heavy atom. The summed E-state index contributed by atoms with van der Waals surface area (Å²) in [6.45, 7) is 5.64. The number of hydrogen-bond donors (Lipinski definition) is 0. The molecular formula is C15H19Cl2N3. The number of benzene rings is 1. The molecule has 0 bridgehead atoms. The third-order valence-electron chi connectivity index (χ3n) is 4.02. The molecule has 0 saturated carbocycles. The summed E-state index contributed by atoms with van der Waals surface area (Å²) in [7, 11) is 0. The molecule has 3 rings (SSSR count). The van der Waals surface area contributed by atoms with Crippen LogP contribution in [0.2, 0.25) is 5.02 Å². The fourth-order valence-electron chi connectivity index (χ4n) is 3.14. The van der Waals surface area contributed by atoms with Crippen molar-refractivity contribution in [2.24, 2.45) is 0 Å². The van der Waals surface area contributed by atoms with Crippen LogP contribution in [-0.2, 0) is 5.88 Å². The molecule has 1 aromatic heterocycles. The Bertz CT molecular complexity index is 602. The Morgan fingerprint density at radius 3 is 2.75 bits per heavy atom. The van der Waals surface area contributed by atoms with Gasteiger partial charge in [-0.15, -0.1) is 11.6 Å². The molecular weight excluding hydrogens is 293 g/mol. The van der Waals surface area contributed by atoms with Crippen molar-refractivity contribution in [1.82, 2.24) is 14.5 Å². The molecule has 108 valence electrons. The fraction of sp³-hybridized carbons (Fsp3) is 0.533. The van der Waals surface area contributed by atoms with Crippen LogP contribution in [0.25, 0.3) is 11.0 Å². The van der Waals surface area contributed by atoms with E-state index < -0.39 is 0 Å². The summed E-state index contributed by atoms with van der Waals surface area (Å²) < 4.78 is 2.21. The van der Waals surface area contributed by atoms with Crippen LogP contribution >= 0.6 is 23.2 Å². The minimum Gasteiger partial charge on any atom is -0.322 e. The van der Waals surface area contributed by atoms with Crippen LogP contribution in [0.15, 0.2) is 18.2 Å². The summed E-state index contributed by atoms with van der Waals surface area (Å²) in [6.07, 6.45) is 2.61. The molecule has 1 fully saturated rings. The van der Waals surface area contributed by atoms with Gasteiger partial charge < -0.3 is 9.47 Å². The van der Waals surface area contributed by atoms with Gasteiger partial charge in [-0.25, -0.2) is 4.98 Å². The van der Waals surface area contributed by atoms with E-state index in [0.29, 0.717) is 11.9 Å². The first-order valence-electron chi connectivity index (χ1n) is 7.14. The van der Waals surface area contributed by atoms with Crippen molar-refractivity contribution in [1.29, 1.82) is 0 Å². The van der Waals surface area contributed by atoms with Gasteiger partial charge in [0.05, 0.1) is 21.9 Å². The zero-order valence-electron chi connectivity index (χ0n) is 11.6. The lowest BCUT2D eigenvalue weighted by Gasteiger charge is -2.23. The number of alkyl halides is 1. The first-order valence-corrected chi connectivity index (χ1v) is 8.05. The number of fused-ring (bicyclic) bond motifs is 1. The molecule has 1 aliphatic rings. The van der Waals surface area contributed by atoms with Crippen molar-refractivity contribution in [2.45, 2.75) is 31.7 Å². The Hall–Kier alpha value is -0.770. The molecule has 0 spiro atoms. The lowest BCUT2D eigenvalue weighted by molar-refractivity contribution is 0.288. The summed E-state index contributed by atoms with van der Waals surface area (Å²) in [5.41, 5.74) is 1.94. The average Bonchev–Trinajstić information content (AvgIpc) is 3.05. The third-order valence-corrected chi connectivity index (χ3v) is 4.56. The molecule has 0 radical (unpaired) electrons. The minimum absolute atomic E-state index is 0.326. The zero-order chi connectivity index (χ0) is 14.1. The fourth-order valence-corrected chi connectivity index (χ4v) is 3.59. The lowest BCUT2D eigenvalue weighted by atomic mass is 10.2. The summed E-state index contributed by atoms with van der Waals surface area (Å²) in [5.74, 6) is 1.32. The number of hydrogen-bond acceptors (Lipinski definition) is 2. The van der Waals surface area contributed by atoms with Crippen molar-refractivity contribution < 1.29 is 0 Å². The van der Waals surface area contributed by atoms with E-state index in [4.69, 9.17) is 23.2 Å². The highest BCUT2D eigenvalue weighted by atomic mass is 35.5. The SMILES string of the molecule is CC(CN1CCCC1)n1c(CCl)nc2cccc(Cl)c21. The predicted molar refractivity (Wildman–Crippen MR) is 84.7 cm³/mol. The van der Waals surface area contributed by atoms with Crippen molar-refractivity contribution >= 4 is 34.2 Å². The lowest BCUT2D eigenvalue weighted by Crippen LogP contribution is -2.27. The maximum absolute atomic E-state index is 6.38. The monoisotopic (exact) mass is 311 g/mol. The highest BCUT2D eigenvalue weighted by Crippen LogP contribution is 2.29. The van der Waals surface area contributed by atoms with Crippen LogP contribution in [-0.4, -0.2) is 34.1 Å². The van der Waals surface area contributed by atoms with Crippen LogP contribution in [0.4, 0.5) is 0 Å². The summed E-state index contributed by atoms with van der Waals surface area (Å²) >= 11 is 12.5. The first-order chi connectivity index (χ1) is 9.70. The largest absolute Gasteiger partial charge is 0.322 e. The number of imidazole rings is 1. The van der Waals surface area contributed by atoms with E-state index >= 15 is 0 Å². The smallest absolute Gasteiger partial charge is 0.125 e. The second-order valence-electron chi connectivity index (χ2n) is 5.50. The molecule has 1 aromatic carbocycles. The molecule has 0 amide bonds. The molecule has 2 aromatic rings. The van der Waals surface area contributed by atoms with Gasteiger partial charge in [-0.1, -0.05) is 17.7 Å². The molecule has 3 nitrogen and oxygen atoms in total. The Labute approximate surface area is 129 Å². The van der Waals surface area contributed by atoms with Gasteiger partial charge >= 0.3 is 0 Å². The van der Waals surface area contributed by atoms with Gasteiger partial charge in [0, 0.05) is 12.6 Å². The van der Waals surface area contributed by atoms with E-state index in [1.165, 1.54) is 25.9 Å². The maximum atomic E-state index is 6.38. The Kier molecular flexibility index (Phi) is 4.20. The van der Waals surface area contributed by atoms with Crippen LogP contribution in [0.1, 0.15) is 31.6 Å². The van der Waals surface area contributed by atoms with Gasteiger partial charge in [-0.3, -0.25) is 0 Å². The van der Waals surface area contributed by atoms with Gasteiger partial charge in [0.15, 0.2) is 0 Å². The van der Waals surface area contributed by atoms with Crippen LogP contribution in [0, 0.1) is 0 Å². The molecule has 1 atom stereocenters. The normalized spacial score (nSPS) is 17.9. The van der Waals surface area contributed by atoms with E-state index in [9.17, 15) is 0 Å². The van der Waals surface area contributed by atoms with Gasteiger partial charge in [0.25, 0.3) is 0 Å². The number of aromatic nitrogens is 2. The molecule has 5 heteroatoms. The first kappa shape index (κ1) is 14.2. The highest BCUT2D eigenvalue weighted by molar-refractivity contribution is 6.35. The average molecular weight is 312 g/mol. The number of halogens is 2. The van der Waals surface area contributed by atoms with E-state index in [2.05, 4.69) is 21.4 Å². The van der Waals surface area contributed by atoms with E-state index in [0.717, 1.165) is 28.4 Å². The topological polar surface area (TPSA) is 21.1 Å². The van der Waals surface area contributed by atoms with Gasteiger partial charge in [-0.05, 0) is 45.0 Å². The number of para-hydroxylation sites is 1. The second kappa shape index (κ2) is 5.92. The molecule has 2 heterocycles. The summed E-state index contributed by atoms with van der Waals surface area (Å²) in [6, 6.07) is 6.18. The van der Waals surface area contributed by atoms with Crippen molar-refractivity contribution in [2.75, 3.05) is 19.6 Å². The number of rotatable bonds is 4. The Balaban J connectivity index is 1.99. The van der Waals surface area contributed by atoms with Gasteiger partial charge in [-0.2, -0.15) is 0 Å². The molecule has 1 aliphatic heterocycles. The number of nitrogens with zero attached hydrogens (tertiary/aromatic N) is 3. The van der Waals surface area contributed by atoms with E-state index in [-0.39, 0.29) is 0 Å². The van der Waals surface area contributed by atoms with Crippen molar-refractivity contribution in [3.8, 4) is 0 Å². The molecule has 0 N–H and O–H groups in total. The maximum Gasteiger partial charge on any atom is 0.125 e. The highest BCUT2D eigenvalue weighted by Gasteiger charge is 2.21. The summed E-state index contributed by atoms with van der Waals surface area (Å²) in [4.78, 5) is 7.12. The third kappa shape index (κ3) is 2.54. The minimum atomic E-state index is 0.326. The molecule has 20 heavy (non-hydrogen) atoms. The van der Waals surface area contributed by atoms with E-state index in [1.807, 2.05) is 18.2 Å². The van der Waals surface area contributed by atoms with Crippen LogP contribution < -0.4 is 0 Å². The van der Waals surface area contributed by atoms with Crippen molar-refractivity contribution in [3.63, 3.8) is 0 Å². The summed E-state index contributed by atoms with van der Waals surface area (Å²) in [5, 5.41) is 0.750. The quantitative estimate of drug-likeness (QED) is 0.793. The second-order valence-corrected chi connectivity index (χ2v) is 6.17. The van der Waals surface area contributed by atoms with Gasteiger partial charge in [0.2, 0.25) is 0 Å². The zero-order valence-corrected chi connectivity index (χ0v) is 13.2. The molecule has 0 aliphatic carbocycles. The standard InChI is InChI=1S/C15H19Cl2N3/c1-11(10-19-7-2-3-8-19)20-14(9-16)18-13-6-4-5-12(17)15(13)20/h4-6,11H,2-3,7-10H2,1H3. The predicted octanol–water partition coefficient (Wildman–Crippen LogP) is 4.09. The van der Waals surface area contributed by atoms with Gasteiger partial charge in [0.1, 0.15) is 5.82 Å². The molecule has 1 unspecified atom stereocenters. The van der Waals surface area contributed by atoms with Crippen molar-refractivity contribution in [3.05, 3.63) is 29.0 Å². The number of likely N-dealkylation sites (tertiary alicyclic amines) is 1. The van der Waals surface area contributed by atoms with Crippen LogP contribution in [0.5, 0.6) is 0 Å². The van der Waals surface area contributed by atoms with Crippen LogP contribution in [0.3, 0.4) is 0 Å². The molecule has 1 saturated heterocycles. The Morgan fingerprint density at radius 1 is 1.30 bits per heavy atom.